The fraction of sp³-hybridized carbons (Fsp3) is 0.267. The molecular formula is C15H15ClN2O3. The summed E-state index contributed by atoms with van der Waals surface area (Å²) in [5.41, 5.74) is 1.06. The summed E-state index contributed by atoms with van der Waals surface area (Å²) in [4.78, 5) is 12.2. The van der Waals surface area contributed by atoms with Crippen molar-refractivity contribution < 1.29 is 14.3 Å². The number of anilines is 1. The predicted octanol–water partition coefficient (Wildman–Crippen LogP) is 3.09. The Kier molecular flexibility index (Phi) is 3.75. The van der Waals surface area contributed by atoms with E-state index in [1.807, 2.05) is 19.3 Å². The van der Waals surface area contributed by atoms with Crippen LogP contribution in [0.3, 0.4) is 0 Å². The van der Waals surface area contributed by atoms with Crippen LogP contribution in [0.5, 0.6) is 11.5 Å². The number of carbonyl (C=O) groups is 1. The Morgan fingerprint density at radius 1 is 1.29 bits per heavy atom. The Morgan fingerprint density at radius 2 is 2.00 bits per heavy atom. The van der Waals surface area contributed by atoms with Gasteiger partial charge in [0, 0.05) is 31.8 Å². The number of amides is 1. The molecule has 0 spiro atoms. The van der Waals surface area contributed by atoms with E-state index in [2.05, 4.69) is 5.32 Å². The number of rotatable bonds is 2. The maximum Gasteiger partial charge on any atom is 0.272 e. The molecule has 0 bridgehead atoms. The first-order valence-corrected chi connectivity index (χ1v) is 7.05. The van der Waals surface area contributed by atoms with Gasteiger partial charge in [0.05, 0.1) is 23.9 Å². The number of aryl methyl sites for hydroxylation is 1. The van der Waals surface area contributed by atoms with Crippen LogP contribution >= 0.6 is 11.6 Å². The van der Waals surface area contributed by atoms with Crippen LogP contribution < -0.4 is 14.8 Å². The van der Waals surface area contributed by atoms with Crippen molar-refractivity contribution in [2.45, 2.75) is 6.42 Å². The Bertz CT molecular complexity index is 682. The number of fused-ring (bicyclic) bond motifs is 1. The second-order valence-electron chi connectivity index (χ2n) is 4.79. The summed E-state index contributed by atoms with van der Waals surface area (Å²) in [6.45, 7) is 1.18. The van der Waals surface area contributed by atoms with Gasteiger partial charge in [0.25, 0.3) is 5.91 Å². The van der Waals surface area contributed by atoms with Crippen molar-refractivity contribution in [3.63, 3.8) is 0 Å². The maximum atomic E-state index is 12.2. The minimum absolute atomic E-state index is 0.223. The van der Waals surface area contributed by atoms with Crippen molar-refractivity contribution in [3.8, 4) is 11.5 Å². The lowest BCUT2D eigenvalue weighted by molar-refractivity contribution is 0.101. The topological polar surface area (TPSA) is 52.5 Å². The van der Waals surface area contributed by atoms with Crippen molar-refractivity contribution in [2.75, 3.05) is 18.5 Å². The molecule has 110 valence electrons. The van der Waals surface area contributed by atoms with Crippen molar-refractivity contribution in [1.29, 1.82) is 0 Å². The van der Waals surface area contributed by atoms with Gasteiger partial charge in [0.2, 0.25) is 0 Å². The molecule has 0 atom stereocenters. The van der Waals surface area contributed by atoms with Gasteiger partial charge >= 0.3 is 0 Å². The largest absolute Gasteiger partial charge is 0.490 e. The first-order chi connectivity index (χ1) is 10.1. The summed E-state index contributed by atoms with van der Waals surface area (Å²) in [7, 11) is 1.81. The molecular weight excluding hydrogens is 292 g/mol. The van der Waals surface area contributed by atoms with E-state index < -0.39 is 0 Å². The monoisotopic (exact) mass is 306 g/mol. The quantitative estimate of drug-likeness (QED) is 0.927. The van der Waals surface area contributed by atoms with Crippen LogP contribution in [0.4, 0.5) is 5.69 Å². The molecule has 2 heterocycles. The number of halogens is 1. The average molecular weight is 307 g/mol. The molecule has 2 aromatic rings. The molecule has 0 fully saturated rings. The molecule has 1 aliphatic rings. The number of hydrogen-bond acceptors (Lipinski definition) is 3. The van der Waals surface area contributed by atoms with E-state index in [9.17, 15) is 4.79 Å². The molecule has 1 N–H and O–H groups in total. The second kappa shape index (κ2) is 5.69. The van der Waals surface area contributed by atoms with Gasteiger partial charge < -0.3 is 19.4 Å². The van der Waals surface area contributed by atoms with Crippen molar-refractivity contribution in [3.05, 3.63) is 41.2 Å². The van der Waals surface area contributed by atoms with Crippen LogP contribution in [0, 0.1) is 0 Å². The lowest BCUT2D eigenvalue weighted by Crippen LogP contribution is -2.15. The highest BCUT2D eigenvalue weighted by molar-refractivity contribution is 6.34. The molecule has 3 rings (SSSR count). The number of ether oxygens (including phenoxy) is 2. The fourth-order valence-electron chi connectivity index (χ4n) is 2.16. The molecule has 0 unspecified atom stereocenters. The molecule has 5 nitrogen and oxygen atoms in total. The summed E-state index contributed by atoms with van der Waals surface area (Å²) in [5.74, 6) is 0.979. The third-order valence-electron chi connectivity index (χ3n) is 3.26. The van der Waals surface area contributed by atoms with Crippen LogP contribution in [-0.4, -0.2) is 23.7 Å². The number of nitrogens with zero attached hydrogens (tertiary/aromatic N) is 1. The van der Waals surface area contributed by atoms with Gasteiger partial charge in [-0.1, -0.05) is 11.6 Å². The van der Waals surface area contributed by atoms with E-state index in [0.29, 0.717) is 41.1 Å². The van der Waals surface area contributed by atoms with Crippen LogP contribution in [0.2, 0.25) is 5.02 Å². The average Bonchev–Trinajstić information content (AvgIpc) is 2.75. The Balaban J connectivity index is 1.87. The van der Waals surface area contributed by atoms with Crippen molar-refractivity contribution >= 4 is 23.2 Å². The highest BCUT2D eigenvalue weighted by Gasteiger charge is 2.17. The van der Waals surface area contributed by atoms with Crippen LogP contribution in [0.15, 0.2) is 30.5 Å². The molecule has 1 aromatic heterocycles. The van der Waals surface area contributed by atoms with Crippen molar-refractivity contribution in [1.82, 2.24) is 4.57 Å². The number of nitrogens with one attached hydrogen (secondary N) is 1. The van der Waals surface area contributed by atoms with Gasteiger partial charge in [-0.2, -0.15) is 0 Å². The zero-order valence-corrected chi connectivity index (χ0v) is 12.3. The summed E-state index contributed by atoms with van der Waals surface area (Å²) in [6.07, 6.45) is 2.63. The van der Waals surface area contributed by atoms with E-state index in [1.54, 1.807) is 22.8 Å². The predicted molar refractivity (Wildman–Crippen MR) is 80.4 cm³/mol. The number of carbonyl (C=O) groups excluding carboxylic acids is 1. The molecule has 21 heavy (non-hydrogen) atoms. The smallest absolute Gasteiger partial charge is 0.272 e. The normalized spacial score (nSPS) is 13.6. The van der Waals surface area contributed by atoms with Gasteiger partial charge in [-0.05, 0) is 12.1 Å². The van der Waals surface area contributed by atoms with Gasteiger partial charge in [0.15, 0.2) is 11.5 Å². The number of benzene rings is 1. The Morgan fingerprint density at radius 3 is 2.67 bits per heavy atom. The molecule has 0 saturated carbocycles. The summed E-state index contributed by atoms with van der Waals surface area (Å²) < 4.78 is 12.9. The van der Waals surface area contributed by atoms with Crippen molar-refractivity contribution in [2.24, 2.45) is 7.05 Å². The first-order valence-electron chi connectivity index (χ1n) is 6.67. The van der Waals surface area contributed by atoms with Gasteiger partial charge in [-0.15, -0.1) is 0 Å². The minimum Gasteiger partial charge on any atom is -0.490 e. The van der Waals surface area contributed by atoms with E-state index in [-0.39, 0.29) is 5.91 Å². The van der Waals surface area contributed by atoms with E-state index in [1.165, 1.54) is 0 Å². The van der Waals surface area contributed by atoms with E-state index in [0.717, 1.165) is 6.42 Å². The van der Waals surface area contributed by atoms with E-state index >= 15 is 0 Å². The molecule has 1 amide bonds. The molecule has 0 radical (unpaired) electrons. The maximum absolute atomic E-state index is 12.2. The molecule has 1 aliphatic heterocycles. The van der Waals surface area contributed by atoms with Crippen LogP contribution in [0.1, 0.15) is 16.9 Å². The third-order valence-corrected chi connectivity index (χ3v) is 3.57. The lowest BCUT2D eigenvalue weighted by Gasteiger charge is -2.12. The molecule has 6 heteroatoms. The highest BCUT2D eigenvalue weighted by atomic mass is 35.5. The molecule has 1 aromatic carbocycles. The van der Waals surface area contributed by atoms with E-state index in [4.69, 9.17) is 21.1 Å². The Labute approximate surface area is 127 Å². The summed E-state index contributed by atoms with van der Waals surface area (Å²) in [5, 5.41) is 3.22. The fourth-order valence-corrected chi connectivity index (χ4v) is 2.36. The second-order valence-corrected chi connectivity index (χ2v) is 5.19. The zero-order chi connectivity index (χ0) is 14.8. The minimum atomic E-state index is -0.223. The first kappa shape index (κ1) is 13.8. The summed E-state index contributed by atoms with van der Waals surface area (Å²) in [6, 6.07) is 6.92. The lowest BCUT2D eigenvalue weighted by atomic mass is 10.2. The standard InChI is InChI=1S/C15H15ClN2O3/c1-18-5-2-4-12(18)15(19)17-11-9-14-13(8-10(11)16)20-6-3-7-21-14/h2,4-5,8-9H,3,6-7H2,1H3,(H,17,19). The van der Waals surface area contributed by atoms with Gasteiger partial charge in [-0.3, -0.25) is 4.79 Å². The van der Waals surface area contributed by atoms with Gasteiger partial charge in [0.1, 0.15) is 5.69 Å². The third kappa shape index (κ3) is 2.83. The van der Waals surface area contributed by atoms with Crippen LogP contribution in [-0.2, 0) is 7.05 Å². The Hall–Kier alpha value is -2.14. The summed E-state index contributed by atoms with van der Waals surface area (Å²) >= 11 is 6.20. The van der Waals surface area contributed by atoms with Crippen LogP contribution in [0.25, 0.3) is 0 Å². The number of aromatic nitrogens is 1. The number of hydrogen-bond donors (Lipinski definition) is 1. The molecule has 0 aliphatic carbocycles. The zero-order valence-electron chi connectivity index (χ0n) is 11.6. The van der Waals surface area contributed by atoms with Gasteiger partial charge in [-0.25, -0.2) is 0 Å². The SMILES string of the molecule is Cn1cccc1C(=O)Nc1cc2c(cc1Cl)OCCCO2. The highest BCUT2D eigenvalue weighted by Crippen LogP contribution is 2.37. The molecule has 0 saturated heterocycles.